The summed E-state index contributed by atoms with van der Waals surface area (Å²) >= 11 is 5.73. The molecule has 1 atom stereocenters. The molecule has 7 nitrogen and oxygen atoms in total. The van der Waals surface area contributed by atoms with Crippen LogP contribution in [-0.2, 0) is 4.79 Å². The number of nitro benzene ring substituents is 1. The summed E-state index contributed by atoms with van der Waals surface area (Å²) in [5, 5.41) is 22.5. The van der Waals surface area contributed by atoms with Crippen molar-refractivity contribution in [3.05, 3.63) is 38.9 Å². The minimum absolute atomic E-state index is 0.0916. The average molecular weight is 315 g/mol. The Hall–Kier alpha value is -2.15. The maximum atomic E-state index is 12.0. The van der Waals surface area contributed by atoms with E-state index in [4.69, 9.17) is 16.7 Å². The fraction of sp³-hybridized carbons (Fsp3) is 0.385. The molecule has 114 valence electrons. The Kier molecular flexibility index (Phi) is 6.10. The number of aliphatic carboxylic acids is 1. The van der Waals surface area contributed by atoms with Crippen molar-refractivity contribution in [2.75, 3.05) is 6.54 Å². The molecule has 0 aliphatic carbocycles. The molecule has 0 aliphatic rings. The number of rotatable bonds is 7. The van der Waals surface area contributed by atoms with Crippen molar-refractivity contribution < 1.29 is 19.6 Å². The van der Waals surface area contributed by atoms with Gasteiger partial charge in [0.05, 0.1) is 10.8 Å². The third-order valence-electron chi connectivity index (χ3n) is 2.90. The fourth-order valence-electron chi connectivity index (χ4n) is 1.82. The van der Waals surface area contributed by atoms with Gasteiger partial charge in [0.1, 0.15) is 5.56 Å². The number of nitrogens with one attached hydrogen (secondary N) is 1. The number of carboxylic acid groups (broad SMARTS) is 1. The lowest BCUT2D eigenvalue weighted by Crippen LogP contribution is -2.33. The lowest BCUT2D eigenvalue weighted by Gasteiger charge is -2.12. The molecule has 0 aliphatic heterocycles. The average Bonchev–Trinajstić information content (AvgIpc) is 2.42. The van der Waals surface area contributed by atoms with Gasteiger partial charge in [-0.25, -0.2) is 0 Å². The van der Waals surface area contributed by atoms with E-state index in [1.807, 2.05) is 6.92 Å². The number of carboxylic acids is 1. The number of hydrogen-bond acceptors (Lipinski definition) is 4. The summed E-state index contributed by atoms with van der Waals surface area (Å²) in [6.45, 7) is 1.74. The second-order valence-corrected chi connectivity index (χ2v) is 4.89. The van der Waals surface area contributed by atoms with Crippen molar-refractivity contribution in [3.8, 4) is 0 Å². The zero-order valence-corrected chi connectivity index (χ0v) is 12.1. The Bertz CT molecular complexity index is 561. The Labute approximate surface area is 126 Å². The summed E-state index contributed by atoms with van der Waals surface area (Å²) in [4.78, 5) is 33.2. The van der Waals surface area contributed by atoms with E-state index in [0.29, 0.717) is 12.8 Å². The van der Waals surface area contributed by atoms with Crippen molar-refractivity contribution in [2.45, 2.75) is 19.8 Å². The summed E-state index contributed by atoms with van der Waals surface area (Å²) < 4.78 is 0. The Balaban J connectivity index is 2.86. The van der Waals surface area contributed by atoms with Crippen LogP contribution in [0.2, 0.25) is 5.02 Å². The van der Waals surface area contributed by atoms with Crippen LogP contribution in [-0.4, -0.2) is 28.5 Å². The summed E-state index contributed by atoms with van der Waals surface area (Å²) in [6, 6.07) is 3.64. The SMILES string of the molecule is CCCC(CNC(=O)c1cc(Cl)ccc1[N+](=O)[O-])C(=O)O. The van der Waals surface area contributed by atoms with Crippen LogP contribution >= 0.6 is 11.6 Å². The van der Waals surface area contributed by atoms with Gasteiger partial charge in [-0.15, -0.1) is 0 Å². The monoisotopic (exact) mass is 314 g/mol. The number of hydrogen-bond donors (Lipinski definition) is 2. The van der Waals surface area contributed by atoms with Crippen LogP contribution in [0.5, 0.6) is 0 Å². The second-order valence-electron chi connectivity index (χ2n) is 4.45. The van der Waals surface area contributed by atoms with Crippen LogP contribution < -0.4 is 5.32 Å². The first kappa shape index (κ1) is 16.9. The van der Waals surface area contributed by atoms with Crippen molar-refractivity contribution >= 4 is 29.2 Å². The second kappa shape index (κ2) is 7.58. The molecule has 2 N–H and O–H groups in total. The van der Waals surface area contributed by atoms with Gasteiger partial charge in [0.2, 0.25) is 0 Å². The molecule has 0 heterocycles. The number of nitro groups is 1. The van der Waals surface area contributed by atoms with E-state index >= 15 is 0 Å². The highest BCUT2D eigenvalue weighted by molar-refractivity contribution is 6.31. The fourth-order valence-corrected chi connectivity index (χ4v) is 1.99. The van der Waals surface area contributed by atoms with Gasteiger partial charge in [-0.3, -0.25) is 19.7 Å². The zero-order valence-electron chi connectivity index (χ0n) is 11.3. The van der Waals surface area contributed by atoms with Gasteiger partial charge in [-0.05, 0) is 18.6 Å². The van der Waals surface area contributed by atoms with Gasteiger partial charge in [0, 0.05) is 17.6 Å². The smallest absolute Gasteiger partial charge is 0.308 e. The number of nitrogens with zero attached hydrogens (tertiary/aromatic N) is 1. The number of carbonyl (C=O) groups excluding carboxylic acids is 1. The van der Waals surface area contributed by atoms with Crippen molar-refractivity contribution in [1.29, 1.82) is 0 Å². The van der Waals surface area contributed by atoms with Gasteiger partial charge in [-0.1, -0.05) is 24.9 Å². The Morgan fingerprint density at radius 2 is 2.14 bits per heavy atom. The van der Waals surface area contributed by atoms with Gasteiger partial charge >= 0.3 is 5.97 Å². The van der Waals surface area contributed by atoms with E-state index in [1.54, 1.807) is 0 Å². The molecule has 21 heavy (non-hydrogen) atoms. The van der Waals surface area contributed by atoms with Gasteiger partial charge in [0.25, 0.3) is 11.6 Å². The molecular formula is C13H15ClN2O5. The van der Waals surface area contributed by atoms with Crippen LogP contribution in [0.15, 0.2) is 18.2 Å². The molecule has 1 unspecified atom stereocenters. The molecule has 0 fully saturated rings. The van der Waals surface area contributed by atoms with Crippen LogP contribution in [0, 0.1) is 16.0 Å². The van der Waals surface area contributed by atoms with Crippen LogP contribution in [0.25, 0.3) is 0 Å². The third-order valence-corrected chi connectivity index (χ3v) is 3.13. The van der Waals surface area contributed by atoms with Gasteiger partial charge < -0.3 is 10.4 Å². The van der Waals surface area contributed by atoms with E-state index in [2.05, 4.69) is 5.32 Å². The standard InChI is InChI=1S/C13H15ClN2O5/c1-2-3-8(13(18)19)7-15-12(17)10-6-9(14)4-5-11(10)16(20)21/h4-6,8H,2-3,7H2,1H3,(H,15,17)(H,18,19). The molecule has 0 radical (unpaired) electrons. The van der Waals surface area contributed by atoms with E-state index in [9.17, 15) is 19.7 Å². The normalized spacial score (nSPS) is 11.7. The van der Waals surface area contributed by atoms with E-state index < -0.39 is 22.7 Å². The first-order valence-corrected chi connectivity index (χ1v) is 6.69. The molecule has 1 aromatic rings. The number of benzene rings is 1. The topological polar surface area (TPSA) is 110 Å². The molecular weight excluding hydrogens is 300 g/mol. The molecule has 0 bridgehead atoms. The van der Waals surface area contributed by atoms with E-state index in [-0.39, 0.29) is 22.8 Å². The van der Waals surface area contributed by atoms with Crippen molar-refractivity contribution in [1.82, 2.24) is 5.32 Å². The first-order valence-electron chi connectivity index (χ1n) is 6.31. The minimum atomic E-state index is -1.02. The van der Waals surface area contributed by atoms with E-state index in [0.717, 1.165) is 6.07 Å². The number of carbonyl (C=O) groups is 2. The highest BCUT2D eigenvalue weighted by Gasteiger charge is 2.23. The largest absolute Gasteiger partial charge is 0.481 e. The number of amides is 1. The minimum Gasteiger partial charge on any atom is -0.481 e. The van der Waals surface area contributed by atoms with Crippen LogP contribution in [0.1, 0.15) is 30.1 Å². The Morgan fingerprint density at radius 3 is 2.67 bits per heavy atom. The molecule has 0 saturated heterocycles. The molecule has 0 aromatic heterocycles. The van der Waals surface area contributed by atoms with Gasteiger partial charge in [0.15, 0.2) is 0 Å². The molecule has 1 aromatic carbocycles. The van der Waals surface area contributed by atoms with Crippen molar-refractivity contribution in [2.24, 2.45) is 5.92 Å². The highest BCUT2D eigenvalue weighted by atomic mass is 35.5. The van der Waals surface area contributed by atoms with Crippen LogP contribution in [0.3, 0.4) is 0 Å². The molecule has 1 rings (SSSR count). The summed E-state index contributed by atoms with van der Waals surface area (Å²) in [6.07, 6.45) is 1.07. The Morgan fingerprint density at radius 1 is 1.48 bits per heavy atom. The lowest BCUT2D eigenvalue weighted by molar-refractivity contribution is -0.385. The highest BCUT2D eigenvalue weighted by Crippen LogP contribution is 2.22. The number of halogens is 1. The predicted octanol–water partition coefficient (Wildman–Crippen LogP) is 2.48. The van der Waals surface area contributed by atoms with Gasteiger partial charge in [-0.2, -0.15) is 0 Å². The third kappa shape index (κ3) is 4.71. The quantitative estimate of drug-likeness (QED) is 0.593. The summed E-state index contributed by atoms with van der Waals surface area (Å²) in [5.41, 5.74) is -0.563. The maximum Gasteiger partial charge on any atom is 0.308 e. The molecule has 8 heteroatoms. The predicted molar refractivity (Wildman–Crippen MR) is 76.5 cm³/mol. The summed E-state index contributed by atoms with van der Waals surface area (Å²) in [5.74, 6) is -2.46. The van der Waals surface area contributed by atoms with E-state index in [1.165, 1.54) is 12.1 Å². The van der Waals surface area contributed by atoms with Crippen LogP contribution in [0.4, 0.5) is 5.69 Å². The first-order chi connectivity index (χ1) is 9.86. The zero-order chi connectivity index (χ0) is 16.0. The molecule has 0 spiro atoms. The lowest BCUT2D eigenvalue weighted by atomic mass is 10.0. The molecule has 0 saturated carbocycles. The molecule has 1 amide bonds. The maximum absolute atomic E-state index is 12.0. The summed E-state index contributed by atoms with van der Waals surface area (Å²) in [7, 11) is 0. The van der Waals surface area contributed by atoms with Crippen molar-refractivity contribution in [3.63, 3.8) is 0 Å².